The zero-order valence-electron chi connectivity index (χ0n) is 14.0. The van der Waals surface area contributed by atoms with E-state index >= 15 is 0 Å². The van der Waals surface area contributed by atoms with Crippen molar-refractivity contribution in [3.8, 4) is 5.75 Å². The van der Waals surface area contributed by atoms with E-state index in [1.54, 1.807) is 13.3 Å². The van der Waals surface area contributed by atoms with E-state index in [-0.39, 0.29) is 6.04 Å². The van der Waals surface area contributed by atoms with Gasteiger partial charge in [-0.3, -0.25) is 0 Å². The van der Waals surface area contributed by atoms with Crippen molar-refractivity contribution < 1.29 is 4.74 Å². The monoisotopic (exact) mass is 329 g/mol. The van der Waals surface area contributed by atoms with Gasteiger partial charge in [0.2, 0.25) is 0 Å². The molecular formula is C18H23N3OS. The van der Waals surface area contributed by atoms with E-state index in [1.165, 1.54) is 11.1 Å². The molecule has 0 amide bonds. The molecule has 1 atom stereocenters. The fourth-order valence-electron chi connectivity index (χ4n) is 2.47. The Kier molecular flexibility index (Phi) is 5.93. The summed E-state index contributed by atoms with van der Waals surface area (Å²) in [5.74, 6) is 1.66. The summed E-state index contributed by atoms with van der Waals surface area (Å²) in [6.07, 6.45) is 1.70. The van der Waals surface area contributed by atoms with Crippen molar-refractivity contribution in [3.63, 3.8) is 0 Å². The van der Waals surface area contributed by atoms with Crippen LogP contribution in [0.3, 0.4) is 0 Å². The smallest absolute Gasteiger partial charge is 0.174 e. The molecule has 0 aliphatic rings. The van der Waals surface area contributed by atoms with Crippen LogP contribution in [0.5, 0.6) is 5.75 Å². The van der Waals surface area contributed by atoms with Gasteiger partial charge in [0.25, 0.3) is 0 Å². The lowest BCUT2D eigenvalue weighted by atomic mass is 9.93. The summed E-state index contributed by atoms with van der Waals surface area (Å²) in [4.78, 5) is 4.27. The maximum Gasteiger partial charge on any atom is 0.174 e. The van der Waals surface area contributed by atoms with Crippen LogP contribution in [-0.2, 0) is 0 Å². The Balaban J connectivity index is 2.15. The average Bonchev–Trinajstić information content (AvgIpc) is 2.53. The quantitative estimate of drug-likeness (QED) is 0.809. The van der Waals surface area contributed by atoms with E-state index in [4.69, 9.17) is 17.0 Å². The van der Waals surface area contributed by atoms with Crippen LogP contribution in [0.4, 0.5) is 5.82 Å². The third kappa shape index (κ3) is 4.42. The van der Waals surface area contributed by atoms with Crippen molar-refractivity contribution in [1.82, 2.24) is 10.3 Å². The molecule has 1 aromatic heterocycles. The van der Waals surface area contributed by atoms with Crippen molar-refractivity contribution in [2.75, 3.05) is 12.4 Å². The van der Waals surface area contributed by atoms with E-state index in [9.17, 15) is 0 Å². The molecule has 5 heteroatoms. The van der Waals surface area contributed by atoms with Crippen LogP contribution in [0.25, 0.3) is 0 Å². The van der Waals surface area contributed by atoms with Crippen LogP contribution in [-0.4, -0.2) is 17.2 Å². The van der Waals surface area contributed by atoms with Crippen LogP contribution in [0.15, 0.2) is 42.6 Å². The first-order valence-corrected chi connectivity index (χ1v) is 8.05. The number of benzene rings is 1. The lowest BCUT2D eigenvalue weighted by molar-refractivity contribution is 0.415. The predicted molar refractivity (Wildman–Crippen MR) is 98.9 cm³/mol. The lowest BCUT2D eigenvalue weighted by Crippen LogP contribution is -2.35. The molecule has 23 heavy (non-hydrogen) atoms. The van der Waals surface area contributed by atoms with Crippen LogP contribution in [0.1, 0.15) is 31.0 Å². The Morgan fingerprint density at radius 1 is 1.17 bits per heavy atom. The molecule has 2 N–H and O–H groups in total. The largest absolute Gasteiger partial charge is 0.493 e. The highest BCUT2D eigenvalue weighted by Crippen LogP contribution is 2.25. The molecule has 0 fully saturated rings. The first-order chi connectivity index (χ1) is 11.0. The Morgan fingerprint density at radius 3 is 2.57 bits per heavy atom. The van der Waals surface area contributed by atoms with Crippen LogP contribution >= 0.6 is 12.2 Å². The normalized spacial score (nSPS) is 11.9. The second-order valence-electron chi connectivity index (χ2n) is 5.73. The van der Waals surface area contributed by atoms with Gasteiger partial charge in [-0.25, -0.2) is 4.98 Å². The zero-order chi connectivity index (χ0) is 16.8. The number of methoxy groups -OCH3 is 1. The Hall–Kier alpha value is -2.14. The minimum atomic E-state index is 0.130. The van der Waals surface area contributed by atoms with E-state index < -0.39 is 0 Å². The van der Waals surface area contributed by atoms with Crippen molar-refractivity contribution in [2.45, 2.75) is 26.8 Å². The maximum absolute atomic E-state index is 5.46. The number of ether oxygens (including phenoxy) is 1. The maximum atomic E-state index is 5.46. The highest BCUT2D eigenvalue weighted by molar-refractivity contribution is 7.80. The van der Waals surface area contributed by atoms with Crippen LogP contribution < -0.4 is 15.4 Å². The van der Waals surface area contributed by atoms with Crippen molar-refractivity contribution in [2.24, 2.45) is 5.92 Å². The lowest BCUT2D eigenvalue weighted by Gasteiger charge is -2.26. The number of aryl methyl sites for hydroxylation is 1. The molecule has 0 aliphatic heterocycles. The van der Waals surface area contributed by atoms with Gasteiger partial charge < -0.3 is 15.4 Å². The molecule has 1 aromatic carbocycles. The number of nitrogens with zero attached hydrogens (tertiary/aromatic N) is 1. The summed E-state index contributed by atoms with van der Waals surface area (Å²) in [5.41, 5.74) is 2.50. The number of pyridine rings is 1. The number of hydrogen-bond acceptors (Lipinski definition) is 3. The standard InChI is InChI=1S/C18H23N3OS/c1-12(2)16(14-9-6-5-8-13(14)3)20-18(23)21-17-15(22-4)10-7-11-19-17/h5-12,16H,1-4H3,(H2,19,20,21,23)/t16-/m0/s1. The van der Waals surface area contributed by atoms with Gasteiger partial charge in [-0.05, 0) is 48.3 Å². The van der Waals surface area contributed by atoms with Gasteiger partial charge in [-0.2, -0.15) is 0 Å². The number of anilines is 1. The van der Waals surface area contributed by atoms with Gasteiger partial charge in [0.05, 0.1) is 13.2 Å². The van der Waals surface area contributed by atoms with Crippen molar-refractivity contribution >= 4 is 23.1 Å². The summed E-state index contributed by atoms with van der Waals surface area (Å²) in [6, 6.07) is 12.2. The SMILES string of the molecule is COc1cccnc1NC(=S)N[C@H](c1ccccc1C)C(C)C. The second kappa shape index (κ2) is 7.92. The summed E-state index contributed by atoms with van der Waals surface area (Å²) < 4.78 is 5.29. The molecule has 0 saturated carbocycles. The van der Waals surface area contributed by atoms with Crippen LogP contribution in [0, 0.1) is 12.8 Å². The van der Waals surface area contributed by atoms with Gasteiger partial charge in [0, 0.05) is 6.20 Å². The molecule has 1 heterocycles. The molecule has 2 rings (SSSR count). The minimum Gasteiger partial charge on any atom is -0.493 e. The number of hydrogen-bond donors (Lipinski definition) is 2. The van der Waals surface area contributed by atoms with Gasteiger partial charge in [-0.1, -0.05) is 38.1 Å². The number of aromatic nitrogens is 1. The molecule has 0 bridgehead atoms. The molecular weight excluding hydrogens is 306 g/mol. The fourth-order valence-corrected chi connectivity index (χ4v) is 2.70. The molecule has 4 nitrogen and oxygen atoms in total. The molecule has 0 unspecified atom stereocenters. The van der Waals surface area contributed by atoms with E-state index in [2.05, 4.69) is 54.6 Å². The second-order valence-corrected chi connectivity index (χ2v) is 6.14. The van der Waals surface area contributed by atoms with E-state index in [0.29, 0.717) is 22.6 Å². The van der Waals surface area contributed by atoms with Crippen LogP contribution in [0.2, 0.25) is 0 Å². The predicted octanol–water partition coefficient (Wildman–Crippen LogP) is 4.08. The van der Waals surface area contributed by atoms with Crippen molar-refractivity contribution in [3.05, 3.63) is 53.7 Å². The molecule has 122 valence electrons. The summed E-state index contributed by atoms with van der Waals surface area (Å²) in [5, 5.41) is 7.05. The highest BCUT2D eigenvalue weighted by atomic mass is 32.1. The number of thiocarbonyl (C=S) groups is 1. The Bertz CT molecular complexity index is 673. The highest BCUT2D eigenvalue weighted by Gasteiger charge is 2.19. The van der Waals surface area contributed by atoms with E-state index in [1.807, 2.05) is 18.2 Å². The fraction of sp³-hybridized carbons (Fsp3) is 0.333. The molecule has 0 spiro atoms. The summed E-state index contributed by atoms with van der Waals surface area (Å²) in [7, 11) is 1.61. The van der Waals surface area contributed by atoms with Crippen molar-refractivity contribution in [1.29, 1.82) is 0 Å². The third-order valence-corrected chi connectivity index (χ3v) is 3.92. The van der Waals surface area contributed by atoms with E-state index in [0.717, 1.165) is 0 Å². The Labute approximate surface area is 143 Å². The van der Waals surface area contributed by atoms with Gasteiger partial charge in [0.1, 0.15) is 0 Å². The summed E-state index contributed by atoms with van der Waals surface area (Å²) in [6.45, 7) is 6.47. The topological polar surface area (TPSA) is 46.2 Å². The third-order valence-electron chi connectivity index (χ3n) is 3.70. The number of rotatable bonds is 5. The van der Waals surface area contributed by atoms with Gasteiger partial charge in [0.15, 0.2) is 16.7 Å². The molecule has 0 radical (unpaired) electrons. The average molecular weight is 329 g/mol. The first kappa shape index (κ1) is 17.2. The summed E-state index contributed by atoms with van der Waals surface area (Å²) >= 11 is 5.46. The van der Waals surface area contributed by atoms with Gasteiger partial charge >= 0.3 is 0 Å². The Morgan fingerprint density at radius 2 is 1.91 bits per heavy atom. The minimum absolute atomic E-state index is 0.130. The molecule has 2 aromatic rings. The molecule has 0 aliphatic carbocycles. The first-order valence-electron chi connectivity index (χ1n) is 7.65. The number of nitrogens with one attached hydrogen (secondary N) is 2. The van der Waals surface area contributed by atoms with Gasteiger partial charge in [-0.15, -0.1) is 0 Å². The molecule has 0 saturated heterocycles. The zero-order valence-corrected chi connectivity index (χ0v) is 14.8.